The van der Waals surface area contributed by atoms with Crippen LogP contribution in [-0.4, -0.2) is 18.6 Å². The lowest BCUT2D eigenvalue weighted by Crippen LogP contribution is -2.27. The first-order valence-corrected chi connectivity index (χ1v) is 9.94. The van der Waals surface area contributed by atoms with E-state index >= 15 is 0 Å². The van der Waals surface area contributed by atoms with Crippen LogP contribution in [0.2, 0.25) is 0 Å². The number of fused-ring (bicyclic) bond motifs is 1. The number of nitrogens with one attached hydrogen (secondary N) is 2. The largest absolute Gasteiger partial charge is 0.454 e. The Bertz CT molecular complexity index is 1130. The molecule has 0 saturated carbocycles. The van der Waals surface area contributed by atoms with Crippen molar-refractivity contribution in [1.29, 1.82) is 0 Å². The second-order valence-electron chi connectivity index (χ2n) is 7.09. The SMILES string of the molecule is C[C@@H](NC(=O)c1ccccc1NC(=O)/C=C/c1ccc2c(c1)OCO2)c1ccccc1. The van der Waals surface area contributed by atoms with Gasteiger partial charge >= 0.3 is 0 Å². The molecule has 1 atom stereocenters. The van der Waals surface area contributed by atoms with E-state index in [0.717, 1.165) is 11.1 Å². The van der Waals surface area contributed by atoms with Gasteiger partial charge in [-0.15, -0.1) is 0 Å². The molecule has 0 saturated heterocycles. The highest BCUT2D eigenvalue weighted by Crippen LogP contribution is 2.32. The molecule has 1 aliphatic rings. The Kier molecular flexibility index (Phi) is 5.98. The third-order valence-electron chi connectivity index (χ3n) is 4.90. The third-order valence-corrected chi connectivity index (χ3v) is 4.90. The maximum absolute atomic E-state index is 12.8. The summed E-state index contributed by atoms with van der Waals surface area (Å²) >= 11 is 0. The van der Waals surface area contributed by atoms with Gasteiger partial charge in [0.15, 0.2) is 11.5 Å². The van der Waals surface area contributed by atoms with Gasteiger partial charge in [0.2, 0.25) is 12.7 Å². The van der Waals surface area contributed by atoms with Crippen LogP contribution in [-0.2, 0) is 4.79 Å². The number of carbonyl (C=O) groups is 2. The van der Waals surface area contributed by atoms with Crippen molar-refractivity contribution in [3.63, 3.8) is 0 Å². The number of hydrogen-bond acceptors (Lipinski definition) is 4. The Morgan fingerprint density at radius 1 is 0.935 bits per heavy atom. The second kappa shape index (κ2) is 9.17. The molecular formula is C25H22N2O4. The van der Waals surface area contributed by atoms with E-state index in [1.807, 2.05) is 43.3 Å². The van der Waals surface area contributed by atoms with Gasteiger partial charge in [-0.1, -0.05) is 48.5 Å². The van der Waals surface area contributed by atoms with Crippen molar-refractivity contribution in [3.8, 4) is 11.5 Å². The zero-order chi connectivity index (χ0) is 21.6. The molecule has 2 amide bonds. The van der Waals surface area contributed by atoms with Gasteiger partial charge in [-0.25, -0.2) is 0 Å². The molecule has 0 unspecified atom stereocenters. The fraction of sp³-hybridized carbons (Fsp3) is 0.120. The van der Waals surface area contributed by atoms with Gasteiger partial charge in [0.1, 0.15) is 0 Å². The minimum absolute atomic E-state index is 0.164. The average Bonchev–Trinajstić information content (AvgIpc) is 3.26. The lowest BCUT2D eigenvalue weighted by Gasteiger charge is -2.16. The van der Waals surface area contributed by atoms with Crippen LogP contribution in [0.5, 0.6) is 11.5 Å². The Labute approximate surface area is 180 Å². The van der Waals surface area contributed by atoms with Crippen molar-refractivity contribution in [1.82, 2.24) is 5.32 Å². The van der Waals surface area contributed by atoms with Crippen LogP contribution in [0.15, 0.2) is 78.9 Å². The molecule has 0 spiro atoms. The summed E-state index contributed by atoms with van der Waals surface area (Å²) in [6.45, 7) is 2.12. The van der Waals surface area contributed by atoms with Crippen molar-refractivity contribution >= 4 is 23.6 Å². The average molecular weight is 414 g/mol. The van der Waals surface area contributed by atoms with Gasteiger partial charge in [0.05, 0.1) is 17.3 Å². The third kappa shape index (κ3) is 4.93. The van der Waals surface area contributed by atoms with E-state index in [-0.39, 0.29) is 24.6 Å². The first kappa shape index (κ1) is 20.2. The van der Waals surface area contributed by atoms with E-state index in [0.29, 0.717) is 22.7 Å². The van der Waals surface area contributed by atoms with Crippen molar-refractivity contribution < 1.29 is 19.1 Å². The van der Waals surface area contributed by atoms with E-state index < -0.39 is 0 Å². The highest BCUT2D eigenvalue weighted by Gasteiger charge is 2.16. The fourth-order valence-corrected chi connectivity index (χ4v) is 3.25. The predicted octanol–water partition coefficient (Wildman–Crippen LogP) is 4.56. The lowest BCUT2D eigenvalue weighted by atomic mass is 10.1. The summed E-state index contributed by atoms with van der Waals surface area (Å²) in [4.78, 5) is 25.3. The zero-order valence-electron chi connectivity index (χ0n) is 17.0. The normalized spacial score (nSPS) is 13.1. The van der Waals surface area contributed by atoms with Crippen molar-refractivity contribution in [2.45, 2.75) is 13.0 Å². The van der Waals surface area contributed by atoms with E-state index in [2.05, 4.69) is 10.6 Å². The smallest absolute Gasteiger partial charge is 0.253 e. The number of rotatable bonds is 6. The molecule has 0 aliphatic carbocycles. The molecule has 6 nitrogen and oxygen atoms in total. The van der Waals surface area contributed by atoms with Gasteiger partial charge < -0.3 is 20.1 Å². The van der Waals surface area contributed by atoms with Gasteiger partial charge in [0, 0.05) is 6.08 Å². The first-order valence-electron chi connectivity index (χ1n) is 9.94. The highest BCUT2D eigenvalue weighted by atomic mass is 16.7. The first-order chi connectivity index (χ1) is 15.1. The predicted molar refractivity (Wildman–Crippen MR) is 119 cm³/mol. The molecule has 0 radical (unpaired) electrons. The summed E-state index contributed by atoms with van der Waals surface area (Å²) in [5.41, 5.74) is 2.65. The molecule has 31 heavy (non-hydrogen) atoms. The van der Waals surface area contributed by atoms with Crippen LogP contribution >= 0.6 is 0 Å². The monoisotopic (exact) mass is 414 g/mol. The van der Waals surface area contributed by atoms with Crippen LogP contribution in [0.4, 0.5) is 5.69 Å². The van der Waals surface area contributed by atoms with Gasteiger partial charge in [-0.3, -0.25) is 9.59 Å². The Balaban J connectivity index is 1.43. The van der Waals surface area contributed by atoms with Crippen LogP contribution in [0.25, 0.3) is 6.08 Å². The maximum atomic E-state index is 12.8. The summed E-state index contributed by atoms with van der Waals surface area (Å²) < 4.78 is 10.6. The number of para-hydroxylation sites is 1. The molecule has 0 fully saturated rings. The Hall–Kier alpha value is -4.06. The quantitative estimate of drug-likeness (QED) is 0.580. The van der Waals surface area contributed by atoms with Crippen molar-refractivity contribution in [3.05, 3.63) is 95.6 Å². The Morgan fingerprint density at radius 2 is 1.68 bits per heavy atom. The van der Waals surface area contributed by atoms with E-state index in [9.17, 15) is 9.59 Å². The summed E-state index contributed by atoms with van der Waals surface area (Å²) in [7, 11) is 0. The number of ether oxygens (including phenoxy) is 2. The van der Waals surface area contributed by atoms with Crippen LogP contribution in [0.3, 0.4) is 0 Å². The van der Waals surface area contributed by atoms with Crippen LogP contribution in [0, 0.1) is 0 Å². The molecule has 6 heteroatoms. The summed E-state index contributed by atoms with van der Waals surface area (Å²) in [6.07, 6.45) is 3.09. The fourth-order valence-electron chi connectivity index (χ4n) is 3.25. The molecule has 3 aromatic carbocycles. The van der Waals surface area contributed by atoms with Crippen LogP contribution in [0.1, 0.15) is 34.5 Å². The number of amides is 2. The standard InChI is InChI=1S/C25H22N2O4/c1-17(19-7-3-2-4-8-19)26-25(29)20-9-5-6-10-21(20)27-24(28)14-12-18-11-13-22-23(15-18)31-16-30-22/h2-15,17H,16H2,1H3,(H,26,29)(H,27,28)/b14-12+/t17-/m1/s1. The topological polar surface area (TPSA) is 76.7 Å². The number of benzene rings is 3. The highest BCUT2D eigenvalue weighted by molar-refractivity contribution is 6.07. The molecule has 0 bridgehead atoms. The molecule has 1 heterocycles. The number of hydrogen-bond donors (Lipinski definition) is 2. The molecule has 156 valence electrons. The van der Waals surface area contributed by atoms with Crippen molar-refractivity contribution in [2.24, 2.45) is 0 Å². The number of carbonyl (C=O) groups excluding carboxylic acids is 2. The van der Waals surface area contributed by atoms with E-state index in [1.54, 1.807) is 42.5 Å². The Morgan fingerprint density at radius 3 is 2.52 bits per heavy atom. The van der Waals surface area contributed by atoms with Crippen LogP contribution < -0.4 is 20.1 Å². The molecule has 0 aromatic heterocycles. The number of anilines is 1. The molecule has 4 rings (SSSR count). The molecular weight excluding hydrogens is 392 g/mol. The van der Waals surface area contributed by atoms with Gasteiger partial charge in [-0.2, -0.15) is 0 Å². The summed E-state index contributed by atoms with van der Waals surface area (Å²) in [5.74, 6) is 0.740. The maximum Gasteiger partial charge on any atom is 0.253 e. The summed E-state index contributed by atoms with van der Waals surface area (Å²) in [6, 6.07) is 21.9. The van der Waals surface area contributed by atoms with E-state index in [4.69, 9.17) is 9.47 Å². The van der Waals surface area contributed by atoms with Crippen molar-refractivity contribution in [2.75, 3.05) is 12.1 Å². The molecule has 1 aliphatic heterocycles. The van der Waals surface area contributed by atoms with Gasteiger partial charge in [0.25, 0.3) is 5.91 Å². The molecule has 2 N–H and O–H groups in total. The van der Waals surface area contributed by atoms with E-state index in [1.165, 1.54) is 6.08 Å². The lowest BCUT2D eigenvalue weighted by molar-refractivity contribution is -0.111. The minimum Gasteiger partial charge on any atom is -0.454 e. The zero-order valence-corrected chi connectivity index (χ0v) is 17.0. The minimum atomic E-state index is -0.339. The molecule has 3 aromatic rings. The van der Waals surface area contributed by atoms with Gasteiger partial charge in [-0.05, 0) is 48.4 Å². The summed E-state index contributed by atoms with van der Waals surface area (Å²) in [5, 5.41) is 5.76. The second-order valence-corrected chi connectivity index (χ2v) is 7.09.